The summed E-state index contributed by atoms with van der Waals surface area (Å²) in [5, 5.41) is 4.26. The van der Waals surface area contributed by atoms with Gasteiger partial charge in [-0.25, -0.2) is 4.98 Å². The van der Waals surface area contributed by atoms with Gasteiger partial charge in [-0.05, 0) is 44.0 Å². The van der Waals surface area contributed by atoms with Crippen molar-refractivity contribution in [2.24, 2.45) is 0 Å². The first kappa shape index (κ1) is 12.7. The summed E-state index contributed by atoms with van der Waals surface area (Å²) in [6, 6.07) is 6.17. The number of halogens is 1. The number of piperidine rings is 1. The maximum absolute atomic E-state index is 6.22. The maximum atomic E-state index is 6.22. The molecule has 1 aliphatic heterocycles. The molecule has 1 aromatic heterocycles. The molecule has 2 heterocycles. The first-order valence-electron chi connectivity index (χ1n) is 6.75. The van der Waals surface area contributed by atoms with Crippen LogP contribution in [0.5, 0.6) is 0 Å². The first-order valence-corrected chi connectivity index (χ1v) is 7.13. The molecular weight excluding hydrogens is 258 g/mol. The minimum Gasteiger partial charge on any atom is -0.316 e. The molecule has 0 aliphatic carbocycles. The zero-order chi connectivity index (χ0) is 13.2. The zero-order valence-corrected chi connectivity index (χ0v) is 11.8. The van der Waals surface area contributed by atoms with Crippen molar-refractivity contribution >= 4 is 11.6 Å². The Labute approximate surface area is 118 Å². The highest BCUT2D eigenvalue weighted by atomic mass is 35.5. The van der Waals surface area contributed by atoms with Crippen LogP contribution >= 0.6 is 11.6 Å². The Morgan fingerprint density at radius 1 is 1.42 bits per heavy atom. The van der Waals surface area contributed by atoms with Gasteiger partial charge >= 0.3 is 0 Å². The Hall–Kier alpha value is -1.32. The number of hydrogen-bond acceptors (Lipinski definition) is 2. The largest absolute Gasteiger partial charge is 0.316 e. The topological polar surface area (TPSA) is 29.9 Å². The van der Waals surface area contributed by atoms with Crippen LogP contribution in [0, 0.1) is 6.92 Å². The van der Waals surface area contributed by atoms with Gasteiger partial charge in [0.2, 0.25) is 0 Å². The summed E-state index contributed by atoms with van der Waals surface area (Å²) in [5.74, 6) is 0.538. The van der Waals surface area contributed by atoms with Crippen molar-refractivity contribution in [3.05, 3.63) is 47.0 Å². The van der Waals surface area contributed by atoms with Gasteiger partial charge in [-0.15, -0.1) is 0 Å². The summed E-state index contributed by atoms with van der Waals surface area (Å²) < 4.78 is 2.16. The third-order valence-corrected chi connectivity index (χ3v) is 4.22. The van der Waals surface area contributed by atoms with Crippen molar-refractivity contribution in [3.8, 4) is 5.69 Å². The molecule has 2 aromatic rings. The van der Waals surface area contributed by atoms with Gasteiger partial charge < -0.3 is 9.88 Å². The number of nitrogens with one attached hydrogen (secondary N) is 1. The highest BCUT2D eigenvalue weighted by molar-refractivity contribution is 6.31. The van der Waals surface area contributed by atoms with Crippen molar-refractivity contribution in [3.63, 3.8) is 0 Å². The SMILES string of the molecule is Cc1ccc(-n2cncc2C2CCCNC2)cc1Cl. The van der Waals surface area contributed by atoms with Gasteiger partial charge in [0, 0.05) is 35.1 Å². The fourth-order valence-corrected chi connectivity index (χ4v) is 2.83. The van der Waals surface area contributed by atoms with Crippen molar-refractivity contribution in [1.29, 1.82) is 0 Å². The Kier molecular flexibility index (Phi) is 3.58. The van der Waals surface area contributed by atoms with Crippen LogP contribution in [0.2, 0.25) is 5.02 Å². The second-order valence-electron chi connectivity index (χ2n) is 5.17. The van der Waals surface area contributed by atoms with Crippen molar-refractivity contribution in [2.75, 3.05) is 13.1 Å². The highest BCUT2D eigenvalue weighted by Crippen LogP contribution is 2.27. The van der Waals surface area contributed by atoms with Crippen LogP contribution in [0.25, 0.3) is 5.69 Å². The number of nitrogens with zero attached hydrogens (tertiary/aromatic N) is 2. The van der Waals surface area contributed by atoms with Crippen LogP contribution in [0.3, 0.4) is 0 Å². The molecule has 0 amide bonds. The van der Waals surface area contributed by atoms with E-state index in [-0.39, 0.29) is 0 Å². The second-order valence-corrected chi connectivity index (χ2v) is 5.57. The third-order valence-electron chi connectivity index (χ3n) is 3.82. The van der Waals surface area contributed by atoms with Gasteiger partial charge in [-0.2, -0.15) is 0 Å². The van der Waals surface area contributed by atoms with E-state index in [9.17, 15) is 0 Å². The molecule has 1 saturated heterocycles. The Bertz CT molecular complexity index is 571. The number of rotatable bonds is 2. The zero-order valence-electron chi connectivity index (χ0n) is 11.1. The molecule has 100 valence electrons. The number of benzene rings is 1. The molecule has 1 atom stereocenters. The van der Waals surface area contributed by atoms with Gasteiger partial charge in [0.25, 0.3) is 0 Å². The molecule has 3 nitrogen and oxygen atoms in total. The molecule has 1 fully saturated rings. The average molecular weight is 276 g/mol. The van der Waals surface area contributed by atoms with Crippen LogP contribution in [0.15, 0.2) is 30.7 Å². The fourth-order valence-electron chi connectivity index (χ4n) is 2.66. The first-order chi connectivity index (χ1) is 9.25. The van der Waals surface area contributed by atoms with E-state index in [4.69, 9.17) is 11.6 Å². The van der Waals surface area contributed by atoms with Crippen molar-refractivity contribution in [2.45, 2.75) is 25.7 Å². The van der Waals surface area contributed by atoms with Crippen LogP contribution in [-0.2, 0) is 0 Å². The minimum atomic E-state index is 0.538. The van der Waals surface area contributed by atoms with Gasteiger partial charge in [0.15, 0.2) is 0 Å². The molecule has 1 aromatic carbocycles. The molecule has 19 heavy (non-hydrogen) atoms. The quantitative estimate of drug-likeness (QED) is 0.911. The van der Waals surface area contributed by atoms with Crippen LogP contribution in [-0.4, -0.2) is 22.6 Å². The Morgan fingerprint density at radius 2 is 2.32 bits per heavy atom. The van der Waals surface area contributed by atoms with Crippen LogP contribution in [0.4, 0.5) is 0 Å². The molecule has 1 N–H and O–H groups in total. The van der Waals surface area contributed by atoms with Gasteiger partial charge in [-0.1, -0.05) is 17.7 Å². The number of imidazole rings is 1. The lowest BCUT2D eigenvalue weighted by molar-refractivity contribution is 0.451. The van der Waals surface area contributed by atoms with Crippen LogP contribution < -0.4 is 5.32 Å². The van der Waals surface area contributed by atoms with E-state index < -0.39 is 0 Å². The minimum absolute atomic E-state index is 0.538. The van der Waals surface area contributed by atoms with Crippen molar-refractivity contribution in [1.82, 2.24) is 14.9 Å². The number of aromatic nitrogens is 2. The summed E-state index contributed by atoms with van der Waals surface area (Å²) in [6.45, 7) is 4.18. The van der Waals surface area contributed by atoms with E-state index in [0.29, 0.717) is 5.92 Å². The molecular formula is C15H18ClN3. The van der Waals surface area contributed by atoms with Gasteiger partial charge in [0.1, 0.15) is 0 Å². The summed E-state index contributed by atoms with van der Waals surface area (Å²) >= 11 is 6.22. The lowest BCUT2D eigenvalue weighted by Gasteiger charge is -2.23. The Morgan fingerprint density at radius 3 is 3.05 bits per heavy atom. The van der Waals surface area contributed by atoms with Gasteiger partial charge in [0.05, 0.1) is 6.33 Å². The standard InChI is InChI=1S/C15H18ClN3/c1-11-4-5-13(7-14(11)16)19-10-18-9-15(19)12-3-2-6-17-8-12/h4-5,7,9-10,12,17H,2-3,6,8H2,1H3. The lowest BCUT2D eigenvalue weighted by atomic mass is 9.96. The predicted molar refractivity (Wildman–Crippen MR) is 78.2 cm³/mol. The highest BCUT2D eigenvalue weighted by Gasteiger charge is 2.19. The van der Waals surface area contributed by atoms with E-state index >= 15 is 0 Å². The molecule has 3 rings (SSSR count). The van der Waals surface area contributed by atoms with E-state index in [1.807, 2.05) is 25.5 Å². The molecule has 4 heteroatoms. The predicted octanol–water partition coefficient (Wildman–Crippen LogP) is 3.30. The van der Waals surface area contributed by atoms with E-state index in [1.54, 1.807) is 0 Å². The summed E-state index contributed by atoms with van der Waals surface area (Å²) in [7, 11) is 0. The van der Waals surface area contributed by atoms with E-state index in [0.717, 1.165) is 29.4 Å². The second kappa shape index (κ2) is 5.35. The van der Waals surface area contributed by atoms with E-state index in [1.165, 1.54) is 18.5 Å². The molecule has 1 aliphatic rings. The van der Waals surface area contributed by atoms with E-state index in [2.05, 4.69) is 27.0 Å². The van der Waals surface area contributed by atoms with Crippen molar-refractivity contribution < 1.29 is 0 Å². The summed E-state index contributed by atoms with van der Waals surface area (Å²) in [6.07, 6.45) is 6.30. The fraction of sp³-hybridized carbons (Fsp3) is 0.400. The molecule has 0 radical (unpaired) electrons. The smallest absolute Gasteiger partial charge is 0.0994 e. The molecule has 0 spiro atoms. The maximum Gasteiger partial charge on any atom is 0.0994 e. The molecule has 1 unspecified atom stereocenters. The normalized spacial score (nSPS) is 19.6. The van der Waals surface area contributed by atoms with Crippen LogP contribution in [0.1, 0.15) is 30.0 Å². The number of aryl methyl sites for hydroxylation is 1. The van der Waals surface area contributed by atoms with Gasteiger partial charge in [-0.3, -0.25) is 0 Å². The molecule has 0 saturated carbocycles. The third kappa shape index (κ3) is 2.53. The average Bonchev–Trinajstić information content (AvgIpc) is 2.92. The number of hydrogen-bond donors (Lipinski definition) is 1. The monoisotopic (exact) mass is 275 g/mol. The lowest BCUT2D eigenvalue weighted by Crippen LogP contribution is -2.29. The molecule has 0 bridgehead atoms. The summed E-state index contributed by atoms with van der Waals surface area (Å²) in [4.78, 5) is 4.32. The summed E-state index contributed by atoms with van der Waals surface area (Å²) in [5.41, 5.74) is 3.47. The Balaban J connectivity index is 1.96.